The Morgan fingerprint density at radius 2 is 1.15 bits per heavy atom. The van der Waals surface area contributed by atoms with Gasteiger partial charge in [0.05, 0.1) is 11.9 Å². The van der Waals surface area contributed by atoms with Crippen LogP contribution in [0.2, 0.25) is 0 Å². The van der Waals surface area contributed by atoms with Crippen LogP contribution in [0.25, 0.3) is 0 Å². The van der Waals surface area contributed by atoms with Crippen LogP contribution < -0.4 is 4.90 Å². The van der Waals surface area contributed by atoms with Gasteiger partial charge in [0, 0.05) is 46.1 Å². The quantitative estimate of drug-likeness (QED) is 0.529. The molecule has 0 bridgehead atoms. The first-order valence-electron chi connectivity index (χ1n) is 5.03. The molecule has 2 heterocycles. The zero-order chi connectivity index (χ0) is 13.5. The zero-order valence-corrected chi connectivity index (χ0v) is 14.7. The average Bonchev–Trinajstić information content (AvgIpc) is 2.29. The van der Waals surface area contributed by atoms with Gasteiger partial charge in [0.25, 0.3) is 0 Å². The van der Waals surface area contributed by atoms with E-state index in [4.69, 9.17) is 0 Å². The van der Waals surface area contributed by atoms with Crippen LogP contribution in [0.3, 0.4) is 0 Å². The maximum atomic E-state index is 4.02. The van der Waals surface area contributed by atoms with E-state index < -0.39 is 0 Å². The number of hydrogen-bond acceptors (Lipinski definition) is 3. The van der Waals surface area contributed by atoms with Crippen LogP contribution in [0, 0.1) is 0 Å². The first-order valence-corrected chi connectivity index (χ1v) is 7.41. The van der Waals surface area contributed by atoms with E-state index in [9.17, 15) is 0 Å². The molecule has 0 unspecified atom stereocenters. The fourth-order valence-electron chi connectivity index (χ4n) is 1.03. The summed E-state index contributed by atoms with van der Waals surface area (Å²) in [7, 11) is 3.98. The Morgan fingerprint density at radius 1 is 0.750 bits per heavy atom. The molecule has 0 radical (unpaired) electrons. The van der Waals surface area contributed by atoms with Crippen molar-refractivity contribution in [2.24, 2.45) is 0 Å². The second kappa shape index (κ2) is 11.2. The van der Waals surface area contributed by atoms with Crippen molar-refractivity contribution in [2.75, 3.05) is 19.0 Å². The molecule has 6 heteroatoms. The average molecular weight is 470 g/mol. The zero-order valence-electron chi connectivity index (χ0n) is 9.94. The molecule has 0 saturated carbocycles. The largest absolute Gasteiger partial charge is 0.376 e. The molecule has 112 valence electrons. The maximum Gasteiger partial charge on any atom is 0.0558 e. The van der Waals surface area contributed by atoms with E-state index in [0.29, 0.717) is 0 Å². The first-order chi connectivity index (χ1) is 8.49. The van der Waals surface area contributed by atoms with Crippen molar-refractivity contribution in [3.05, 3.63) is 50.3 Å². The Bertz CT molecular complexity index is 487. The van der Waals surface area contributed by atoms with Gasteiger partial charge in [0.15, 0.2) is 0 Å². The second-order valence-electron chi connectivity index (χ2n) is 3.58. The molecular formula is C14H20Br3N3. The maximum absolute atomic E-state index is 4.02. The molecule has 0 aliphatic rings. The van der Waals surface area contributed by atoms with Gasteiger partial charge < -0.3 is 4.90 Å². The van der Waals surface area contributed by atoms with Crippen LogP contribution in [0.1, 0.15) is 14.9 Å². The van der Waals surface area contributed by atoms with Crippen LogP contribution >= 0.6 is 47.8 Å². The number of aromatic nitrogens is 2. The normalized spacial score (nSPS) is 8.45. The summed E-state index contributed by atoms with van der Waals surface area (Å²) in [6, 6.07) is 3.96. The van der Waals surface area contributed by atoms with Gasteiger partial charge in [0.1, 0.15) is 0 Å². The Hall–Kier alpha value is -0.460. The molecule has 0 fully saturated rings. The molecule has 2 aromatic rings. The molecule has 2 aromatic heterocycles. The summed E-state index contributed by atoms with van der Waals surface area (Å²) in [4.78, 5) is 9.92. The van der Waals surface area contributed by atoms with Crippen molar-refractivity contribution < 1.29 is 0 Å². The Balaban J connectivity index is 0. The second-order valence-corrected chi connectivity index (χ2v) is 6.32. The molecular weight excluding hydrogens is 450 g/mol. The summed E-state index contributed by atoms with van der Waals surface area (Å²) >= 11 is 9.88. The monoisotopic (exact) mass is 467 g/mol. The Labute approximate surface area is 147 Å². The molecule has 0 aliphatic heterocycles. The van der Waals surface area contributed by atoms with Crippen LogP contribution in [-0.2, 0) is 0 Å². The third kappa shape index (κ3) is 8.66. The lowest BCUT2D eigenvalue weighted by Gasteiger charge is -2.10. The minimum Gasteiger partial charge on any atom is -0.376 e. The van der Waals surface area contributed by atoms with Crippen LogP contribution in [0.4, 0.5) is 5.69 Å². The topological polar surface area (TPSA) is 29.0 Å². The van der Waals surface area contributed by atoms with Crippen LogP contribution in [0.15, 0.2) is 50.3 Å². The highest BCUT2D eigenvalue weighted by Gasteiger charge is 1.94. The van der Waals surface area contributed by atoms with Crippen molar-refractivity contribution in [2.45, 2.75) is 14.9 Å². The number of nitrogens with zero attached hydrogens (tertiary/aromatic N) is 3. The summed E-state index contributed by atoms with van der Waals surface area (Å²) in [6.07, 6.45) is 7.08. The van der Waals surface area contributed by atoms with Crippen molar-refractivity contribution >= 4 is 53.5 Å². The fraction of sp³-hybridized carbons (Fsp3) is 0.286. The molecule has 3 nitrogen and oxygen atoms in total. The summed E-state index contributed by atoms with van der Waals surface area (Å²) in [5, 5.41) is 0. The molecule has 0 atom stereocenters. The SMILES string of the molecule is Brc1cncc(Br)c1.C.C.CN(C)c1cncc(Br)c1. The number of rotatable bonds is 1. The Kier molecular flexibility index (Phi) is 12.3. The van der Waals surface area contributed by atoms with E-state index >= 15 is 0 Å². The minimum absolute atomic E-state index is 0. The molecule has 2 rings (SSSR count). The summed E-state index contributed by atoms with van der Waals surface area (Å²) in [5.74, 6) is 0. The lowest BCUT2D eigenvalue weighted by molar-refractivity contribution is 1.11. The van der Waals surface area contributed by atoms with E-state index in [0.717, 1.165) is 19.1 Å². The minimum atomic E-state index is 0. The highest BCUT2D eigenvalue weighted by molar-refractivity contribution is 9.11. The van der Waals surface area contributed by atoms with Gasteiger partial charge >= 0.3 is 0 Å². The summed E-state index contributed by atoms with van der Waals surface area (Å²) < 4.78 is 3.00. The van der Waals surface area contributed by atoms with Gasteiger partial charge in [-0.05, 0) is 59.9 Å². The van der Waals surface area contributed by atoms with Crippen molar-refractivity contribution in [3.63, 3.8) is 0 Å². The molecule has 0 aliphatic carbocycles. The number of anilines is 1. The summed E-state index contributed by atoms with van der Waals surface area (Å²) in [6.45, 7) is 0. The van der Waals surface area contributed by atoms with Crippen LogP contribution in [-0.4, -0.2) is 24.1 Å². The molecule has 0 spiro atoms. The van der Waals surface area contributed by atoms with Crippen LogP contribution in [0.5, 0.6) is 0 Å². The summed E-state index contributed by atoms with van der Waals surface area (Å²) in [5.41, 5.74) is 1.11. The standard InChI is InChI=1S/C7H9BrN2.C5H3Br2N.2CH4/c1-10(2)7-3-6(8)4-9-5-7;6-4-1-5(7)3-8-2-4;;/h3-5H,1-2H3;1-3H;2*1H4. The fourth-order valence-corrected chi connectivity index (χ4v) is 2.42. The van der Waals surface area contributed by atoms with E-state index in [2.05, 4.69) is 57.8 Å². The van der Waals surface area contributed by atoms with Gasteiger partial charge in [-0.25, -0.2) is 0 Å². The van der Waals surface area contributed by atoms with Gasteiger partial charge in [0.2, 0.25) is 0 Å². The number of halogens is 3. The molecule has 20 heavy (non-hydrogen) atoms. The lowest BCUT2D eigenvalue weighted by Crippen LogP contribution is -2.08. The van der Waals surface area contributed by atoms with E-state index in [1.165, 1.54) is 0 Å². The van der Waals surface area contributed by atoms with E-state index in [1.54, 1.807) is 18.6 Å². The molecule has 0 amide bonds. The van der Waals surface area contributed by atoms with Gasteiger partial charge in [-0.15, -0.1) is 0 Å². The van der Waals surface area contributed by atoms with Crippen molar-refractivity contribution in [3.8, 4) is 0 Å². The van der Waals surface area contributed by atoms with Crippen molar-refractivity contribution in [1.82, 2.24) is 9.97 Å². The lowest BCUT2D eigenvalue weighted by atomic mass is 10.4. The van der Waals surface area contributed by atoms with Crippen molar-refractivity contribution in [1.29, 1.82) is 0 Å². The predicted molar refractivity (Wildman–Crippen MR) is 99.4 cm³/mol. The Morgan fingerprint density at radius 3 is 1.40 bits per heavy atom. The number of pyridine rings is 2. The highest BCUT2D eigenvalue weighted by atomic mass is 79.9. The highest BCUT2D eigenvalue weighted by Crippen LogP contribution is 2.15. The third-order valence-electron chi connectivity index (χ3n) is 1.88. The predicted octanol–water partition coefficient (Wildman–Crippen LogP) is 5.79. The van der Waals surface area contributed by atoms with E-state index in [-0.39, 0.29) is 14.9 Å². The first kappa shape index (κ1) is 21.8. The smallest absolute Gasteiger partial charge is 0.0558 e. The van der Waals surface area contributed by atoms with Gasteiger partial charge in [-0.3, -0.25) is 9.97 Å². The molecule has 0 saturated heterocycles. The van der Waals surface area contributed by atoms with Gasteiger partial charge in [-0.2, -0.15) is 0 Å². The molecule has 0 aromatic carbocycles. The number of hydrogen-bond donors (Lipinski definition) is 0. The molecule has 0 N–H and O–H groups in total. The third-order valence-corrected chi connectivity index (χ3v) is 3.18. The van der Waals surface area contributed by atoms with E-state index in [1.807, 2.05) is 37.3 Å². The van der Waals surface area contributed by atoms with Gasteiger partial charge in [-0.1, -0.05) is 14.9 Å².